The van der Waals surface area contributed by atoms with Gasteiger partial charge in [-0.25, -0.2) is 0 Å². The zero-order chi connectivity index (χ0) is 14.3. The Morgan fingerprint density at radius 1 is 1.37 bits per heavy atom. The van der Waals surface area contributed by atoms with Gasteiger partial charge in [0.05, 0.1) is 11.8 Å². The Hall–Kier alpha value is -1.34. The molecule has 0 saturated heterocycles. The highest BCUT2D eigenvalue weighted by Gasteiger charge is 2.24. The van der Waals surface area contributed by atoms with E-state index in [1.54, 1.807) is 0 Å². The first-order valence-corrected chi connectivity index (χ1v) is 7.30. The summed E-state index contributed by atoms with van der Waals surface area (Å²) in [6.07, 6.45) is 4.66. The molecule has 0 aliphatic carbocycles. The molecule has 1 aromatic rings. The molecule has 4 nitrogen and oxygen atoms in total. The Morgan fingerprint density at radius 2 is 2.11 bits per heavy atom. The monoisotopic (exact) mass is 262 g/mol. The lowest BCUT2D eigenvalue weighted by Gasteiger charge is -2.24. The molecular formula is C15H26N4. The largest absolute Gasteiger partial charge is 0.302 e. The van der Waals surface area contributed by atoms with Gasteiger partial charge in [0.1, 0.15) is 5.54 Å². The average Bonchev–Trinajstić information content (AvgIpc) is 2.86. The van der Waals surface area contributed by atoms with E-state index in [1.165, 1.54) is 5.69 Å². The molecule has 1 aromatic heterocycles. The van der Waals surface area contributed by atoms with E-state index < -0.39 is 0 Å². The van der Waals surface area contributed by atoms with Gasteiger partial charge >= 0.3 is 0 Å². The molecule has 4 heteroatoms. The summed E-state index contributed by atoms with van der Waals surface area (Å²) in [6, 6.07) is 4.60. The number of aryl methyl sites for hydroxylation is 3. The molecule has 0 saturated carbocycles. The van der Waals surface area contributed by atoms with E-state index in [0.717, 1.165) is 44.3 Å². The first kappa shape index (κ1) is 15.7. The second-order valence-corrected chi connectivity index (χ2v) is 4.96. The molecule has 1 atom stereocenters. The first-order valence-electron chi connectivity index (χ1n) is 7.30. The van der Waals surface area contributed by atoms with Gasteiger partial charge in [0.15, 0.2) is 0 Å². The molecule has 0 radical (unpaired) electrons. The van der Waals surface area contributed by atoms with Crippen LogP contribution >= 0.6 is 0 Å². The smallest absolute Gasteiger partial charge is 0.106 e. The summed E-state index contributed by atoms with van der Waals surface area (Å²) in [4.78, 5) is 0. The van der Waals surface area contributed by atoms with E-state index in [9.17, 15) is 5.26 Å². The molecule has 0 fully saturated rings. The lowest BCUT2D eigenvalue weighted by molar-refractivity contribution is 0.373. The Morgan fingerprint density at radius 3 is 2.58 bits per heavy atom. The van der Waals surface area contributed by atoms with Gasteiger partial charge in [-0.05, 0) is 45.2 Å². The van der Waals surface area contributed by atoms with Crippen LogP contribution in [0.25, 0.3) is 0 Å². The Kier molecular flexibility index (Phi) is 6.04. The van der Waals surface area contributed by atoms with Crippen molar-refractivity contribution in [2.75, 3.05) is 7.05 Å². The van der Waals surface area contributed by atoms with Crippen molar-refractivity contribution in [3.05, 3.63) is 17.5 Å². The third-order valence-electron chi connectivity index (χ3n) is 3.91. The van der Waals surface area contributed by atoms with Gasteiger partial charge in [0.2, 0.25) is 0 Å². The molecule has 1 rings (SSSR count). The minimum absolute atomic E-state index is 0.382. The van der Waals surface area contributed by atoms with Crippen LogP contribution in [0.3, 0.4) is 0 Å². The molecule has 1 unspecified atom stereocenters. The molecule has 0 aliphatic rings. The molecule has 0 spiro atoms. The van der Waals surface area contributed by atoms with Crippen LogP contribution in [0.2, 0.25) is 0 Å². The predicted molar refractivity (Wildman–Crippen MR) is 77.9 cm³/mol. The SMILES string of the molecule is CCc1cc(CC)n(CCCC(C#N)(CC)NC)n1. The van der Waals surface area contributed by atoms with Gasteiger partial charge in [0.25, 0.3) is 0 Å². The van der Waals surface area contributed by atoms with Crippen LogP contribution in [0.1, 0.15) is 51.4 Å². The number of hydrogen-bond donors (Lipinski definition) is 1. The Balaban J connectivity index is 2.62. The molecule has 0 bridgehead atoms. The van der Waals surface area contributed by atoms with Gasteiger partial charge < -0.3 is 5.32 Å². The molecule has 1 heterocycles. The van der Waals surface area contributed by atoms with E-state index in [0.29, 0.717) is 0 Å². The van der Waals surface area contributed by atoms with Crippen LogP contribution in [0.4, 0.5) is 0 Å². The fraction of sp³-hybridized carbons (Fsp3) is 0.733. The highest BCUT2D eigenvalue weighted by Crippen LogP contribution is 2.17. The van der Waals surface area contributed by atoms with Crippen LogP contribution < -0.4 is 5.32 Å². The standard InChI is InChI=1S/C15H26N4/c1-5-13-11-14(6-2)19(18-13)10-8-9-15(7-3,12-16)17-4/h11,17H,5-10H2,1-4H3. The maximum Gasteiger partial charge on any atom is 0.106 e. The van der Waals surface area contributed by atoms with Crippen molar-refractivity contribution >= 4 is 0 Å². The molecule has 106 valence electrons. The third-order valence-corrected chi connectivity index (χ3v) is 3.91. The molecule has 1 N–H and O–H groups in total. The first-order chi connectivity index (χ1) is 9.14. The summed E-state index contributed by atoms with van der Waals surface area (Å²) >= 11 is 0. The number of hydrogen-bond acceptors (Lipinski definition) is 3. The van der Waals surface area contributed by atoms with Gasteiger partial charge in [0, 0.05) is 12.2 Å². The fourth-order valence-electron chi connectivity index (χ4n) is 2.37. The van der Waals surface area contributed by atoms with E-state index in [1.807, 2.05) is 7.05 Å². The van der Waals surface area contributed by atoms with Crippen LogP contribution in [0.15, 0.2) is 6.07 Å². The zero-order valence-corrected chi connectivity index (χ0v) is 12.7. The Bertz CT molecular complexity index is 424. The second-order valence-electron chi connectivity index (χ2n) is 4.96. The average molecular weight is 262 g/mol. The maximum atomic E-state index is 9.28. The van der Waals surface area contributed by atoms with Crippen LogP contribution in [0.5, 0.6) is 0 Å². The topological polar surface area (TPSA) is 53.6 Å². The number of nitriles is 1. The molecular weight excluding hydrogens is 236 g/mol. The van der Waals surface area contributed by atoms with Crippen LogP contribution in [-0.4, -0.2) is 22.4 Å². The highest BCUT2D eigenvalue weighted by atomic mass is 15.3. The van der Waals surface area contributed by atoms with Crippen molar-refractivity contribution in [1.82, 2.24) is 15.1 Å². The van der Waals surface area contributed by atoms with Crippen molar-refractivity contribution in [2.45, 2.75) is 65.0 Å². The zero-order valence-electron chi connectivity index (χ0n) is 12.7. The summed E-state index contributed by atoms with van der Waals surface area (Å²) in [5, 5.41) is 17.0. The number of aromatic nitrogens is 2. The van der Waals surface area contributed by atoms with Crippen LogP contribution in [-0.2, 0) is 19.4 Å². The summed E-state index contributed by atoms with van der Waals surface area (Å²) in [6.45, 7) is 7.24. The van der Waals surface area contributed by atoms with Crippen LogP contribution in [0, 0.1) is 11.3 Å². The van der Waals surface area contributed by atoms with Crippen molar-refractivity contribution in [1.29, 1.82) is 5.26 Å². The Labute approximate surface area is 116 Å². The minimum Gasteiger partial charge on any atom is -0.302 e. The summed E-state index contributed by atoms with van der Waals surface area (Å²) in [5.74, 6) is 0. The summed E-state index contributed by atoms with van der Waals surface area (Å²) in [5.41, 5.74) is 2.07. The van der Waals surface area contributed by atoms with E-state index >= 15 is 0 Å². The van der Waals surface area contributed by atoms with Gasteiger partial charge in [-0.1, -0.05) is 20.8 Å². The molecule has 0 amide bonds. The molecule has 0 aliphatic heterocycles. The van der Waals surface area contributed by atoms with Crippen molar-refractivity contribution in [3.63, 3.8) is 0 Å². The quantitative estimate of drug-likeness (QED) is 0.783. The van der Waals surface area contributed by atoms with E-state index in [-0.39, 0.29) is 5.54 Å². The van der Waals surface area contributed by atoms with E-state index in [4.69, 9.17) is 0 Å². The second kappa shape index (κ2) is 7.30. The summed E-state index contributed by atoms with van der Waals surface area (Å²) < 4.78 is 2.10. The minimum atomic E-state index is -0.382. The van der Waals surface area contributed by atoms with Gasteiger partial charge in [-0.15, -0.1) is 0 Å². The molecule has 19 heavy (non-hydrogen) atoms. The van der Waals surface area contributed by atoms with E-state index in [2.05, 4.69) is 48.0 Å². The fourth-order valence-corrected chi connectivity index (χ4v) is 2.37. The normalized spacial score (nSPS) is 14.1. The highest BCUT2D eigenvalue weighted by molar-refractivity contribution is 5.10. The lowest BCUT2D eigenvalue weighted by atomic mass is 9.92. The molecule has 0 aromatic carbocycles. The van der Waals surface area contributed by atoms with Gasteiger partial charge in [-0.2, -0.15) is 10.4 Å². The predicted octanol–water partition coefficient (Wildman–Crippen LogP) is 2.68. The maximum absolute atomic E-state index is 9.28. The van der Waals surface area contributed by atoms with Crippen molar-refractivity contribution < 1.29 is 0 Å². The summed E-state index contributed by atoms with van der Waals surface area (Å²) in [7, 11) is 1.87. The van der Waals surface area contributed by atoms with Gasteiger partial charge in [-0.3, -0.25) is 4.68 Å². The lowest BCUT2D eigenvalue weighted by Crippen LogP contribution is -2.40. The number of rotatable bonds is 8. The number of nitrogens with one attached hydrogen (secondary N) is 1. The third kappa shape index (κ3) is 3.81. The number of nitrogens with zero attached hydrogens (tertiary/aromatic N) is 3. The van der Waals surface area contributed by atoms with Crippen molar-refractivity contribution in [2.24, 2.45) is 0 Å². The van der Waals surface area contributed by atoms with Crippen molar-refractivity contribution in [3.8, 4) is 6.07 Å².